The van der Waals surface area contributed by atoms with Crippen LogP contribution in [0.25, 0.3) is 0 Å². The number of aryl methyl sites for hydroxylation is 2. The highest BCUT2D eigenvalue weighted by molar-refractivity contribution is 7.12. The Morgan fingerprint density at radius 2 is 1.89 bits per heavy atom. The van der Waals surface area contributed by atoms with Gasteiger partial charge in [-0.2, -0.15) is 0 Å². The number of benzene rings is 1. The third-order valence-electron chi connectivity index (χ3n) is 3.30. The molecule has 0 aliphatic carbocycles. The molecule has 0 bridgehead atoms. The van der Waals surface area contributed by atoms with Gasteiger partial charge in [0, 0.05) is 16.9 Å². The quantitative estimate of drug-likeness (QED) is 0.714. The summed E-state index contributed by atoms with van der Waals surface area (Å²) in [5, 5.41) is -0.0473. The third kappa shape index (κ3) is 3.59. The smallest absolute Gasteiger partial charge is 0.0927 e. The second-order valence-electron chi connectivity index (χ2n) is 4.73. The van der Waals surface area contributed by atoms with E-state index >= 15 is 0 Å². The molecule has 1 heterocycles. The molecule has 3 heteroatoms. The summed E-state index contributed by atoms with van der Waals surface area (Å²) in [4.78, 5) is 2.57. The second-order valence-corrected chi connectivity index (χ2v) is 6.46. The lowest BCUT2D eigenvalue weighted by molar-refractivity contribution is 0.202. The number of hydrogen-bond acceptors (Lipinski definition) is 2. The fraction of sp³-hybridized carbons (Fsp3) is 0.375. The summed E-state index contributed by atoms with van der Waals surface area (Å²) in [6, 6.07) is 10.7. The molecule has 2 aromatic rings. The topological polar surface area (TPSA) is 9.23 Å². The van der Waals surface area contributed by atoms with Gasteiger partial charge in [0.15, 0.2) is 0 Å². The standard InChI is InChI=1S/C16H19ClOS/c1-11-10-15(19-12(11)2)16(17)14-6-4-13(5-7-14)8-9-18-3/h4-7,10,16H,8-9H2,1-3H3. The highest BCUT2D eigenvalue weighted by atomic mass is 35.5. The van der Waals surface area contributed by atoms with Crippen LogP contribution in [-0.4, -0.2) is 13.7 Å². The molecule has 0 N–H and O–H groups in total. The number of ether oxygens (including phenoxy) is 1. The molecule has 1 aromatic heterocycles. The number of thiophene rings is 1. The van der Waals surface area contributed by atoms with Crippen LogP contribution in [0.2, 0.25) is 0 Å². The predicted molar refractivity (Wildman–Crippen MR) is 83.5 cm³/mol. The Labute approximate surface area is 124 Å². The van der Waals surface area contributed by atoms with Crippen molar-refractivity contribution < 1.29 is 4.74 Å². The first-order valence-corrected chi connectivity index (χ1v) is 7.66. The first-order valence-electron chi connectivity index (χ1n) is 6.40. The normalized spacial score (nSPS) is 12.6. The first-order chi connectivity index (χ1) is 9.11. The molecular weight excluding hydrogens is 276 g/mol. The molecular formula is C16H19ClOS. The van der Waals surface area contributed by atoms with Gasteiger partial charge in [-0.1, -0.05) is 24.3 Å². The van der Waals surface area contributed by atoms with Crippen LogP contribution in [0.5, 0.6) is 0 Å². The molecule has 0 fully saturated rings. The van der Waals surface area contributed by atoms with Crippen LogP contribution >= 0.6 is 22.9 Å². The van der Waals surface area contributed by atoms with Crippen molar-refractivity contribution in [3.05, 3.63) is 56.8 Å². The van der Waals surface area contributed by atoms with Crippen molar-refractivity contribution in [3.63, 3.8) is 0 Å². The summed E-state index contributed by atoms with van der Waals surface area (Å²) in [6.45, 7) is 5.03. The average molecular weight is 295 g/mol. The van der Waals surface area contributed by atoms with Crippen LogP contribution in [0.15, 0.2) is 30.3 Å². The van der Waals surface area contributed by atoms with Crippen LogP contribution in [-0.2, 0) is 11.2 Å². The Morgan fingerprint density at radius 1 is 1.21 bits per heavy atom. The lowest BCUT2D eigenvalue weighted by atomic mass is 10.1. The van der Waals surface area contributed by atoms with Crippen LogP contribution in [0.4, 0.5) is 0 Å². The van der Waals surface area contributed by atoms with Crippen molar-refractivity contribution in [2.24, 2.45) is 0 Å². The van der Waals surface area contributed by atoms with Crippen LogP contribution in [0.1, 0.15) is 31.8 Å². The number of alkyl halides is 1. The molecule has 2 rings (SSSR count). The zero-order valence-electron chi connectivity index (χ0n) is 11.6. The van der Waals surface area contributed by atoms with Crippen molar-refractivity contribution in [2.75, 3.05) is 13.7 Å². The number of hydrogen-bond donors (Lipinski definition) is 0. The SMILES string of the molecule is COCCc1ccc(C(Cl)c2cc(C)c(C)s2)cc1. The molecule has 19 heavy (non-hydrogen) atoms. The first kappa shape index (κ1) is 14.6. The van der Waals surface area contributed by atoms with Gasteiger partial charge in [-0.3, -0.25) is 0 Å². The van der Waals surface area contributed by atoms with E-state index < -0.39 is 0 Å². The lowest BCUT2D eigenvalue weighted by Crippen LogP contribution is -1.95. The molecule has 0 amide bonds. The van der Waals surface area contributed by atoms with E-state index in [2.05, 4.69) is 44.2 Å². The lowest BCUT2D eigenvalue weighted by Gasteiger charge is -2.09. The average Bonchev–Trinajstić information content (AvgIpc) is 2.76. The molecule has 1 aromatic carbocycles. The Hall–Kier alpha value is -0.830. The van der Waals surface area contributed by atoms with Crippen LogP contribution < -0.4 is 0 Å². The maximum atomic E-state index is 6.56. The minimum atomic E-state index is -0.0473. The minimum Gasteiger partial charge on any atom is -0.384 e. The van der Waals surface area contributed by atoms with Crippen LogP contribution in [0, 0.1) is 13.8 Å². The maximum absolute atomic E-state index is 6.56. The number of methoxy groups -OCH3 is 1. The van der Waals surface area contributed by atoms with Crippen molar-refractivity contribution in [1.29, 1.82) is 0 Å². The summed E-state index contributed by atoms with van der Waals surface area (Å²) >= 11 is 8.34. The van der Waals surface area contributed by atoms with Gasteiger partial charge in [-0.05, 0) is 43.0 Å². The van der Waals surface area contributed by atoms with Gasteiger partial charge in [0.05, 0.1) is 12.0 Å². The van der Waals surface area contributed by atoms with Crippen molar-refractivity contribution in [1.82, 2.24) is 0 Å². The van der Waals surface area contributed by atoms with E-state index in [9.17, 15) is 0 Å². The molecule has 0 spiro atoms. The van der Waals surface area contributed by atoms with Crippen molar-refractivity contribution in [3.8, 4) is 0 Å². The van der Waals surface area contributed by atoms with E-state index in [0.717, 1.165) is 18.6 Å². The summed E-state index contributed by atoms with van der Waals surface area (Å²) in [6.07, 6.45) is 0.945. The van der Waals surface area contributed by atoms with E-state index in [0.29, 0.717) is 0 Å². The third-order valence-corrected chi connectivity index (χ3v) is 5.14. The Morgan fingerprint density at radius 3 is 2.42 bits per heavy atom. The monoisotopic (exact) mass is 294 g/mol. The molecule has 1 unspecified atom stereocenters. The molecule has 1 nitrogen and oxygen atoms in total. The van der Waals surface area contributed by atoms with Gasteiger partial charge in [0.25, 0.3) is 0 Å². The summed E-state index contributed by atoms with van der Waals surface area (Å²) in [5.41, 5.74) is 3.76. The van der Waals surface area contributed by atoms with E-state index in [-0.39, 0.29) is 5.38 Å². The van der Waals surface area contributed by atoms with E-state index in [1.807, 2.05) is 0 Å². The molecule has 0 radical (unpaired) electrons. The summed E-state index contributed by atoms with van der Waals surface area (Å²) in [5.74, 6) is 0. The zero-order valence-corrected chi connectivity index (χ0v) is 13.1. The summed E-state index contributed by atoms with van der Waals surface area (Å²) < 4.78 is 5.08. The van der Waals surface area contributed by atoms with Gasteiger partial charge in [0.1, 0.15) is 0 Å². The molecule has 0 aliphatic heterocycles. The van der Waals surface area contributed by atoms with Crippen molar-refractivity contribution >= 4 is 22.9 Å². The number of halogens is 1. The fourth-order valence-electron chi connectivity index (χ4n) is 1.96. The maximum Gasteiger partial charge on any atom is 0.0927 e. The second kappa shape index (κ2) is 6.56. The highest BCUT2D eigenvalue weighted by Gasteiger charge is 2.14. The molecule has 102 valence electrons. The Bertz CT molecular complexity index is 511. The largest absolute Gasteiger partial charge is 0.384 e. The van der Waals surface area contributed by atoms with E-state index in [4.69, 9.17) is 16.3 Å². The van der Waals surface area contributed by atoms with Gasteiger partial charge in [-0.15, -0.1) is 22.9 Å². The van der Waals surface area contributed by atoms with Gasteiger partial charge in [0.2, 0.25) is 0 Å². The molecule has 0 aliphatic rings. The van der Waals surface area contributed by atoms with Gasteiger partial charge in [-0.25, -0.2) is 0 Å². The predicted octanol–water partition coefficient (Wildman–Crippen LogP) is 4.88. The molecule has 1 atom stereocenters. The van der Waals surface area contributed by atoms with Crippen LogP contribution in [0.3, 0.4) is 0 Å². The number of rotatable bonds is 5. The molecule has 0 saturated carbocycles. The van der Waals surface area contributed by atoms with E-state index in [1.54, 1.807) is 18.4 Å². The fourth-order valence-corrected chi connectivity index (χ4v) is 3.35. The highest BCUT2D eigenvalue weighted by Crippen LogP contribution is 2.35. The summed E-state index contributed by atoms with van der Waals surface area (Å²) in [7, 11) is 1.73. The van der Waals surface area contributed by atoms with Crippen molar-refractivity contribution in [2.45, 2.75) is 25.6 Å². The zero-order chi connectivity index (χ0) is 13.8. The minimum absolute atomic E-state index is 0.0473. The van der Waals surface area contributed by atoms with Gasteiger partial charge >= 0.3 is 0 Å². The van der Waals surface area contributed by atoms with Gasteiger partial charge < -0.3 is 4.74 Å². The Kier molecular flexibility index (Phi) is 5.03. The molecule has 0 saturated heterocycles. The van der Waals surface area contributed by atoms with E-state index in [1.165, 1.54) is 20.9 Å². The Balaban J connectivity index is 2.13.